The molecule has 0 aliphatic carbocycles. The molecule has 1 rings (SSSR count). The normalized spacial score (nSPS) is 13.5. The predicted octanol–water partition coefficient (Wildman–Crippen LogP) is 2.24. The second-order valence-corrected chi connectivity index (χ2v) is 4.35. The fraction of sp³-hybridized carbons (Fsp3) is 0.429. The number of carbonyl (C=O) groups excluding carboxylic acids is 1. The van der Waals surface area contributed by atoms with Crippen LogP contribution in [-0.2, 0) is 4.79 Å². The Balaban J connectivity index is 3.03. The van der Waals surface area contributed by atoms with E-state index >= 15 is 0 Å². The Morgan fingerprint density at radius 1 is 1.05 bits per heavy atom. The minimum atomic E-state index is -0.985. The smallest absolute Gasteiger partial charge is 0.306 e. The van der Waals surface area contributed by atoms with Crippen molar-refractivity contribution in [1.29, 1.82) is 0 Å². The van der Waals surface area contributed by atoms with Gasteiger partial charge in [-0.1, -0.05) is 13.8 Å². The van der Waals surface area contributed by atoms with Gasteiger partial charge in [0.05, 0.1) is 20.1 Å². The maximum absolute atomic E-state index is 12.2. The van der Waals surface area contributed by atoms with Crippen molar-refractivity contribution in [2.24, 2.45) is 11.8 Å². The molecular weight excluding hydrogens is 248 g/mol. The quantitative estimate of drug-likeness (QED) is 0.799. The van der Waals surface area contributed by atoms with E-state index in [9.17, 15) is 9.59 Å². The molecule has 2 atom stereocenters. The summed E-state index contributed by atoms with van der Waals surface area (Å²) in [6.07, 6.45) is 0. The SMILES string of the molecule is COc1ccc(C(=O)[C@@H](C)[C@H](C)C(=O)O)cc1OC. The number of carbonyl (C=O) groups is 2. The largest absolute Gasteiger partial charge is 0.493 e. The van der Waals surface area contributed by atoms with Crippen molar-refractivity contribution in [1.82, 2.24) is 0 Å². The number of hydrogen-bond donors (Lipinski definition) is 1. The van der Waals surface area contributed by atoms with Crippen LogP contribution in [0.1, 0.15) is 24.2 Å². The number of carboxylic acid groups (broad SMARTS) is 1. The molecule has 0 aromatic heterocycles. The van der Waals surface area contributed by atoms with E-state index in [4.69, 9.17) is 14.6 Å². The molecule has 1 N–H and O–H groups in total. The van der Waals surface area contributed by atoms with E-state index in [1.165, 1.54) is 21.1 Å². The van der Waals surface area contributed by atoms with Crippen molar-refractivity contribution in [3.63, 3.8) is 0 Å². The van der Waals surface area contributed by atoms with Crippen LogP contribution < -0.4 is 9.47 Å². The average Bonchev–Trinajstić information content (AvgIpc) is 2.43. The van der Waals surface area contributed by atoms with Crippen molar-refractivity contribution in [3.05, 3.63) is 23.8 Å². The van der Waals surface area contributed by atoms with E-state index in [2.05, 4.69) is 0 Å². The van der Waals surface area contributed by atoms with Gasteiger partial charge in [-0.25, -0.2) is 0 Å². The van der Waals surface area contributed by atoms with Gasteiger partial charge in [-0.2, -0.15) is 0 Å². The summed E-state index contributed by atoms with van der Waals surface area (Å²) in [4.78, 5) is 23.1. The third-order valence-corrected chi connectivity index (χ3v) is 3.22. The molecule has 0 aliphatic rings. The minimum Gasteiger partial charge on any atom is -0.493 e. The van der Waals surface area contributed by atoms with Gasteiger partial charge in [0.2, 0.25) is 0 Å². The molecule has 1 aromatic carbocycles. The predicted molar refractivity (Wildman–Crippen MR) is 69.8 cm³/mol. The molecule has 0 fully saturated rings. The minimum absolute atomic E-state index is 0.226. The third kappa shape index (κ3) is 3.24. The maximum Gasteiger partial charge on any atom is 0.306 e. The second-order valence-electron chi connectivity index (χ2n) is 4.35. The molecule has 0 saturated carbocycles. The summed E-state index contributed by atoms with van der Waals surface area (Å²) in [5.41, 5.74) is 0.415. The van der Waals surface area contributed by atoms with Crippen molar-refractivity contribution in [2.75, 3.05) is 14.2 Å². The molecule has 0 amide bonds. The van der Waals surface area contributed by atoms with E-state index in [1.54, 1.807) is 25.1 Å². The van der Waals surface area contributed by atoms with Crippen LogP contribution in [0.5, 0.6) is 11.5 Å². The van der Waals surface area contributed by atoms with Gasteiger partial charge in [-0.15, -0.1) is 0 Å². The summed E-state index contributed by atoms with van der Waals surface area (Å²) in [6.45, 7) is 3.13. The standard InChI is InChI=1S/C14H18O5/c1-8(9(2)14(16)17)13(15)10-5-6-11(18-3)12(7-10)19-4/h5-9H,1-4H3,(H,16,17)/t8-,9-/m0/s1. The molecule has 19 heavy (non-hydrogen) atoms. The summed E-state index contributed by atoms with van der Waals surface area (Å²) in [5.74, 6) is -1.57. The molecule has 104 valence electrons. The van der Waals surface area contributed by atoms with Crippen LogP contribution in [0, 0.1) is 11.8 Å². The van der Waals surface area contributed by atoms with Crippen LogP contribution in [-0.4, -0.2) is 31.1 Å². The second kappa shape index (κ2) is 6.22. The van der Waals surface area contributed by atoms with Crippen LogP contribution in [0.25, 0.3) is 0 Å². The lowest BCUT2D eigenvalue weighted by Crippen LogP contribution is -2.25. The van der Waals surface area contributed by atoms with Gasteiger partial charge in [0.25, 0.3) is 0 Å². The first-order valence-corrected chi connectivity index (χ1v) is 5.91. The van der Waals surface area contributed by atoms with E-state index in [-0.39, 0.29) is 5.78 Å². The summed E-state index contributed by atoms with van der Waals surface area (Å²) < 4.78 is 10.2. The summed E-state index contributed by atoms with van der Waals surface area (Å²) in [6, 6.07) is 4.80. The van der Waals surface area contributed by atoms with Gasteiger partial charge < -0.3 is 14.6 Å². The molecule has 0 heterocycles. The molecule has 5 heteroatoms. The highest BCUT2D eigenvalue weighted by atomic mass is 16.5. The van der Waals surface area contributed by atoms with Gasteiger partial charge in [0, 0.05) is 11.5 Å². The fourth-order valence-corrected chi connectivity index (χ4v) is 1.69. The van der Waals surface area contributed by atoms with Crippen LogP contribution in [0.2, 0.25) is 0 Å². The van der Waals surface area contributed by atoms with Crippen molar-refractivity contribution in [3.8, 4) is 11.5 Å². The highest BCUT2D eigenvalue weighted by Crippen LogP contribution is 2.29. The lowest BCUT2D eigenvalue weighted by molar-refractivity contribution is -0.142. The number of methoxy groups -OCH3 is 2. The number of benzene rings is 1. The monoisotopic (exact) mass is 266 g/mol. The Morgan fingerprint density at radius 2 is 1.63 bits per heavy atom. The topological polar surface area (TPSA) is 72.8 Å². The lowest BCUT2D eigenvalue weighted by atomic mass is 9.88. The molecule has 0 bridgehead atoms. The molecule has 0 radical (unpaired) electrons. The van der Waals surface area contributed by atoms with Gasteiger partial charge in [-0.05, 0) is 18.2 Å². The zero-order chi connectivity index (χ0) is 14.6. The van der Waals surface area contributed by atoms with E-state index in [1.807, 2.05) is 0 Å². The van der Waals surface area contributed by atoms with Gasteiger partial charge in [0.15, 0.2) is 17.3 Å². The Labute approximate surface area is 112 Å². The number of Topliss-reactive ketones (excluding diaryl/α,β-unsaturated/α-hetero) is 1. The first kappa shape index (κ1) is 15.0. The van der Waals surface area contributed by atoms with E-state index in [0.29, 0.717) is 17.1 Å². The average molecular weight is 266 g/mol. The van der Waals surface area contributed by atoms with Crippen LogP contribution in [0.4, 0.5) is 0 Å². The molecule has 0 saturated heterocycles. The zero-order valence-corrected chi connectivity index (χ0v) is 11.5. The Morgan fingerprint density at radius 3 is 2.11 bits per heavy atom. The summed E-state index contributed by atoms with van der Waals surface area (Å²) in [5, 5.41) is 8.93. The zero-order valence-electron chi connectivity index (χ0n) is 11.5. The summed E-state index contributed by atoms with van der Waals surface area (Å²) >= 11 is 0. The van der Waals surface area contributed by atoms with E-state index in [0.717, 1.165) is 0 Å². The Kier molecular flexibility index (Phi) is 4.92. The maximum atomic E-state index is 12.2. The highest BCUT2D eigenvalue weighted by molar-refractivity contribution is 6.00. The number of rotatable bonds is 6. The lowest BCUT2D eigenvalue weighted by Gasteiger charge is -2.16. The number of carboxylic acids is 1. The van der Waals surface area contributed by atoms with Crippen LogP contribution in [0.3, 0.4) is 0 Å². The molecule has 0 spiro atoms. The van der Waals surface area contributed by atoms with Gasteiger partial charge >= 0.3 is 5.97 Å². The highest BCUT2D eigenvalue weighted by Gasteiger charge is 2.27. The Hall–Kier alpha value is -2.04. The molecular formula is C14H18O5. The third-order valence-electron chi connectivity index (χ3n) is 3.22. The Bertz CT molecular complexity index is 481. The van der Waals surface area contributed by atoms with Crippen LogP contribution in [0.15, 0.2) is 18.2 Å². The number of aliphatic carboxylic acids is 1. The van der Waals surface area contributed by atoms with Gasteiger partial charge in [-0.3, -0.25) is 9.59 Å². The number of ether oxygens (including phenoxy) is 2. The van der Waals surface area contributed by atoms with E-state index < -0.39 is 17.8 Å². The summed E-state index contributed by atoms with van der Waals surface area (Å²) in [7, 11) is 2.99. The van der Waals surface area contributed by atoms with Crippen molar-refractivity contribution in [2.45, 2.75) is 13.8 Å². The van der Waals surface area contributed by atoms with Gasteiger partial charge in [0.1, 0.15) is 0 Å². The fourth-order valence-electron chi connectivity index (χ4n) is 1.69. The molecule has 5 nitrogen and oxygen atoms in total. The van der Waals surface area contributed by atoms with Crippen LogP contribution >= 0.6 is 0 Å². The molecule has 0 aliphatic heterocycles. The first-order chi connectivity index (χ1) is 8.92. The van der Waals surface area contributed by atoms with Crippen molar-refractivity contribution >= 4 is 11.8 Å². The van der Waals surface area contributed by atoms with Crippen molar-refractivity contribution < 1.29 is 24.2 Å². The molecule has 0 unspecified atom stereocenters. The number of hydrogen-bond acceptors (Lipinski definition) is 4. The molecule has 1 aromatic rings. The first-order valence-electron chi connectivity index (χ1n) is 5.91. The number of ketones is 1.